The van der Waals surface area contributed by atoms with Crippen LogP contribution in [0.5, 0.6) is 0 Å². The molecule has 26 heavy (non-hydrogen) atoms. The Bertz CT molecular complexity index is 904. The molecule has 1 fully saturated rings. The van der Waals surface area contributed by atoms with Crippen molar-refractivity contribution in [1.82, 2.24) is 4.98 Å². The van der Waals surface area contributed by atoms with Gasteiger partial charge >= 0.3 is 0 Å². The fourth-order valence-electron chi connectivity index (χ4n) is 3.61. The van der Waals surface area contributed by atoms with Crippen LogP contribution in [0.15, 0.2) is 52.9 Å². The van der Waals surface area contributed by atoms with Crippen LogP contribution in [-0.4, -0.2) is 16.9 Å². The molecule has 1 amide bonds. The van der Waals surface area contributed by atoms with E-state index in [-0.39, 0.29) is 17.9 Å². The van der Waals surface area contributed by atoms with E-state index in [1.807, 2.05) is 36.4 Å². The van der Waals surface area contributed by atoms with E-state index < -0.39 is 0 Å². The predicted molar refractivity (Wildman–Crippen MR) is 102 cm³/mol. The minimum atomic E-state index is -0.00202. The topological polar surface area (TPSA) is 81.2 Å². The highest BCUT2D eigenvalue weighted by molar-refractivity contribution is 5.94. The largest absolute Gasteiger partial charge is 0.440 e. The van der Waals surface area contributed by atoms with Gasteiger partial charge in [-0.2, -0.15) is 0 Å². The molecule has 3 N–H and O–H groups in total. The number of benzene rings is 2. The fraction of sp³-hybridized carbons (Fsp3) is 0.333. The average Bonchev–Trinajstić information content (AvgIpc) is 3.04. The van der Waals surface area contributed by atoms with Crippen molar-refractivity contribution in [2.75, 3.05) is 5.32 Å². The molecule has 0 saturated heterocycles. The highest BCUT2D eigenvalue weighted by Gasteiger charge is 2.25. The van der Waals surface area contributed by atoms with Gasteiger partial charge < -0.3 is 15.5 Å². The standard InChI is InChI=1S/C21H23N3O2/c22-16-8-4-7-15(12-16)21(25)23-17-9-10-18-19(13-17)26-20(24-18)11-14-5-2-1-3-6-14/h1-3,5-6,9-10,13,15-16H,4,7-8,11-12,22H2,(H,23,25). The van der Waals surface area contributed by atoms with Gasteiger partial charge in [0.2, 0.25) is 5.91 Å². The number of oxazole rings is 1. The summed E-state index contributed by atoms with van der Waals surface area (Å²) in [6, 6.07) is 15.8. The number of nitrogens with two attached hydrogens (primary N) is 1. The van der Waals surface area contributed by atoms with Crippen molar-refractivity contribution in [1.29, 1.82) is 0 Å². The maximum absolute atomic E-state index is 12.5. The molecule has 5 heteroatoms. The predicted octanol–water partition coefficient (Wildman–Crippen LogP) is 3.87. The Labute approximate surface area is 152 Å². The molecule has 134 valence electrons. The van der Waals surface area contributed by atoms with E-state index in [1.165, 1.54) is 0 Å². The molecule has 1 aromatic heterocycles. The molecule has 1 saturated carbocycles. The number of carbonyl (C=O) groups is 1. The maximum atomic E-state index is 12.5. The van der Waals surface area contributed by atoms with E-state index in [2.05, 4.69) is 22.4 Å². The quantitative estimate of drug-likeness (QED) is 0.749. The van der Waals surface area contributed by atoms with Crippen LogP contribution in [0.3, 0.4) is 0 Å². The molecule has 4 rings (SSSR count). The number of amides is 1. The van der Waals surface area contributed by atoms with Crippen molar-refractivity contribution in [2.24, 2.45) is 11.7 Å². The zero-order valence-corrected chi connectivity index (χ0v) is 14.7. The Morgan fingerprint density at radius 2 is 2.04 bits per heavy atom. The van der Waals surface area contributed by atoms with Crippen LogP contribution in [-0.2, 0) is 11.2 Å². The molecule has 0 radical (unpaired) electrons. The van der Waals surface area contributed by atoms with Gasteiger partial charge in [-0.15, -0.1) is 0 Å². The van der Waals surface area contributed by atoms with Gasteiger partial charge in [0.1, 0.15) is 5.52 Å². The van der Waals surface area contributed by atoms with E-state index in [0.29, 0.717) is 17.9 Å². The van der Waals surface area contributed by atoms with E-state index >= 15 is 0 Å². The maximum Gasteiger partial charge on any atom is 0.227 e. The fourth-order valence-corrected chi connectivity index (χ4v) is 3.61. The molecule has 1 aliphatic carbocycles. The third kappa shape index (κ3) is 3.78. The highest BCUT2D eigenvalue weighted by atomic mass is 16.3. The number of anilines is 1. The Hall–Kier alpha value is -2.66. The molecule has 3 aromatic rings. The lowest BCUT2D eigenvalue weighted by Gasteiger charge is -2.25. The number of rotatable bonds is 4. The Morgan fingerprint density at radius 1 is 1.19 bits per heavy atom. The molecule has 1 heterocycles. The number of carbonyl (C=O) groups excluding carboxylic acids is 1. The number of hydrogen-bond acceptors (Lipinski definition) is 4. The lowest BCUT2D eigenvalue weighted by molar-refractivity contribution is -0.120. The monoisotopic (exact) mass is 349 g/mol. The van der Waals surface area contributed by atoms with E-state index in [1.54, 1.807) is 0 Å². The average molecular weight is 349 g/mol. The summed E-state index contributed by atoms with van der Waals surface area (Å²) < 4.78 is 5.87. The molecule has 2 atom stereocenters. The number of nitrogens with one attached hydrogen (secondary N) is 1. The van der Waals surface area contributed by atoms with Gasteiger partial charge in [-0.1, -0.05) is 36.8 Å². The van der Waals surface area contributed by atoms with Gasteiger partial charge in [-0.25, -0.2) is 4.98 Å². The van der Waals surface area contributed by atoms with Crippen LogP contribution in [0.1, 0.15) is 37.1 Å². The van der Waals surface area contributed by atoms with E-state index in [9.17, 15) is 4.79 Å². The normalized spacial score (nSPS) is 20.2. The molecule has 1 aliphatic rings. The molecule has 0 aliphatic heterocycles. The van der Waals surface area contributed by atoms with Gasteiger partial charge in [0.05, 0.1) is 0 Å². The first-order valence-electron chi connectivity index (χ1n) is 9.17. The zero-order chi connectivity index (χ0) is 17.9. The van der Waals surface area contributed by atoms with Gasteiger partial charge in [0.15, 0.2) is 11.5 Å². The summed E-state index contributed by atoms with van der Waals surface area (Å²) in [4.78, 5) is 17.0. The van der Waals surface area contributed by atoms with Crippen molar-refractivity contribution in [3.63, 3.8) is 0 Å². The summed E-state index contributed by atoms with van der Waals surface area (Å²) in [6.07, 6.45) is 4.35. The smallest absolute Gasteiger partial charge is 0.227 e. The highest BCUT2D eigenvalue weighted by Crippen LogP contribution is 2.26. The number of nitrogens with zero attached hydrogens (tertiary/aromatic N) is 1. The number of fused-ring (bicyclic) bond motifs is 1. The number of hydrogen-bond donors (Lipinski definition) is 2. The Balaban J connectivity index is 1.48. The van der Waals surface area contributed by atoms with Crippen LogP contribution in [0.4, 0.5) is 5.69 Å². The second-order valence-corrected chi connectivity index (χ2v) is 7.07. The molecular formula is C21H23N3O2. The van der Waals surface area contributed by atoms with Crippen LogP contribution >= 0.6 is 0 Å². The molecule has 2 aromatic carbocycles. The molecule has 0 bridgehead atoms. The van der Waals surface area contributed by atoms with Crippen molar-refractivity contribution in [3.8, 4) is 0 Å². The summed E-state index contributed by atoms with van der Waals surface area (Å²) in [5, 5.41) is 3.00. The third-order valence-corrected chi connectivity index (χ3v) is 4.98. The van der Waals surface area contributed by atoms with Crippen molar-refractivity contribution in [2.45, 2.75) is 38.1 Å². The summed E-state index contributed by atoms with van der Waals surface area (Å²) in [7, 11) is 0. The molecule has 5 nitrogen and oxygen atoms in total. The second kappa shape index (κ2) is 7.30. The summed E-state index contributed by atoms with van der Waals surface area (Å²) in [6.45, 7) is 0. The van der Waals surface area contributed by atoms with Crippen molar-refractivity contribution in [3.05, 3.63) is 60.0 Å². The molecule has 0 spiro atoms. The molecule has 2 unspecified atom stereocenters. The minimum Gasteiger partial charge on any atom is -0.440 e. The van der Waals surface area contributed by atoms with Gasteiger partial charge in [0.25, 0.3) is 0 Å². The second-order valence-electron chi connectivity index (χ2n) is 7.07. The first-order chi connectivity index (χ1) is 12.7. The van der Waals surface area contributed by atoms with Crippen LogP contribution < -0.4 is 11.1 Å². The minimum absolute atomic E-state index is 0.00202. The van der Waals surface area contributed by atoms with E-state index in [0.717, 1.165) is 42.5 Å². The van der Waals surface area contributed by atoms with Crippen LogP contribution in [0, 0.1) is 5.92 Å². The van der Waals surface area contributed by atoms with E-state index in [4.69, 9.17) is 10.2 Å². The van der Waals surface area contributed by atoms with Crippen LogP contribution in [0.2, 0.25) is 0 Å². The number of aromatic nitrogens is 1. The van der Waals surface area contributed by atoms with Crippen molar-refractivity contribution < 1.29 is 9.21 Å². The first-order valence-corrected chi connectivity index (χ1v) is 9.17. The Morgan fingerprint density at radius 3 is 2.85 bits per heavy atom. The summed E-state index contributed by atoms with van der Waals surface area (Å²) >= 11 is 0. The third-order valence-electron chi connectivity index (χ3n) is 4.98. The lowest BCUT2D eigenvalue weighted by Crippen LogP contribution is -2.34. The van der Waals surface area contributed by atoms with Crippen LogP contribution in [0.25, 0.3) is 11.1 Å². The lowest BCUT2D eigenvalue weighted by atomic mass is 9.85. The van der Waals surface area contributed by atoms with Crippen molar-refractivity contribution >= 4 is 22.7 Å². The first kappa shape index (κ1) is 16.8. The van der Waals surface area contributed by atoms with Gasteiger partial charge in [0, 0.05) is 30.1 Å². The van der Waals surface area contributed by atoms with Gasteiger partial charge in [-0.05, 0) is 37.0 Å². The zero-order valence-electron chi connectivity index (χ0n) is 14.7. The molecular weight excluding hydrogens is 326 g/mol. The SMILES string of the molecule is NC1CCCC(C(=O)Nc2ccc3nc(Cc4ccccc4)oc3c2)C1. The summed E-state index contributed by atoms with van der Waals surface area (Å²) in [5.41, 5.74) is 9.38. The van der Waals surface area contributed by atoms with Gasteiger partial charge in [-0.3, -0.25) is 4.79 Å². The Kier molecular flexibility index (Phi) is 4.71. The summed E-state index contributed by atoms with van der Waals surface area (Å²) in [5.74, 6) is 0.717.